The van der Waals surface area contributed by atoms with E-state index in [1.54, 1.807) is 18.2 Å². The van der Waals surface area contributed by atoms with Gasteiger partial charge in [-0.15, -0.1) is 0 Å². The van der Waals surface area contributed by atoms with Gasteiger partial charge >= 0.3 is 11.8 Å². The van der Waals surface area contributed by atoms with Gasteiger partial charge < -0.3 is 20.1 Å². The number of aryl methyl sites for hydroxylation is 1. The quantitative estimate of drug-likeness (QED) is 0.819. The molecule has 3 rings (SSSR count). The van der Waals surface area contributed by atoms with E-state index in [0.717, 1.165) is 31.2 Å². The molecule has 2 fully saturated rings. The monoisotopic (exact) mass is 352 g/mol. The maximum atomic E-state index is 12.0. The van der Waals surface area contributed by atoms with Gasteiger partial charge in [0.15, 0.2) is 5.79 Å². The molecule has 1 aliphatic carbocycles. The van der Waals surface area contributed by atoms with Gasteiger partial charge in [0.2, 0.25) is 0 Å². The van der Waals surface area contributed by atoms with E-state index in [1.807, 2.05) is 6.92 Å². The SMILES string of the molecule is Cc1ccc(Cl)cc1NC(=O)C(=O)NC[C@@H]1COC2(CCCC2)O1. The predicted molar refractivity (Wildman–Crippen MR) is 89.9 cm³/mol. The minimum Gasteiger partial charge on any atom is -0.347 e. The van der Waals surface area contributed by atoms with Crippen LogP contribution in [0.1, 0.15) is 31.2 Å². The van der Waals surface area contributed by atoms with Gasteiger partial charge in [-0.05, 0) is 37.5 Å². The van der Waals surface area contributed by atoms with Gasteiger partial charge in [-0.1, -0.05) is 17.7 Å². The van der Waals surface area contributed by atoms with Crippen molar-refractivity contribution in [3.8, 4) is 0 Å². The molecular weight excluding hydrogens is 332 g/mol. The molecule has 1 saturated carbocycles. The Bertz CT molecular complexity index is 643. The van der Waals surface area contributed by atoms with Gasteiger partial charge in [0.05, 0.1) is 6.61 Å². The van der Waals surface area contributed by atoms with Crippen LogP contribution in [-0.4, -0.2) is 36.9 Å². The van der Waals surface area contributed by atoms with E-state index in [4.69, 9.17) is 21.1 Å². The molecule has 0 bridgehead atoms. The molecule has 2 amide bonds. The minimum atomic E-state index is -0.727. The molecule has 2 N–H and O–H groups in total. The highest BCUT2D eigenvalue weighted by molar-refractivity contribution is 6.40. The maximum absolute atomic E-state index is 12.0. The van der Waals surface area contributed by atoms with E-state index < -0.39 is 17.6 Å². The van der Waals surface area contributed by atoms with Gasteiger partial charge in [0.25, 0.3) is 0 Å². The van der Waals surface area contributed by atoms with Crippen molar-refractivity contribution in [3.05, 3.63) is 28.8 Å². The lowest BCUT2D eigenvalue weighted by atomic mass is 10.2. The van der Waals surface area contributed by atoms with Gasteiger partial charge in [0, 0.05) is 30.1 Å². The summed E-state index contributed by atoms with van der Waals surface area (Å²) in [5.41, 5.74) is 1.35. The smallest absolute Gasteiger partial charge is 0.313 e. The van der Waals surface area contributed by atoms with Crippen LogP contribution in [0.25, 0.3) is 0 Å². The van der Waals surface area contributed by atoms with Crippen LogP contribution in [0, 0.1) is 6.92 Å². The van der Waals surface area contributed by atoms with E-state index in [-0.39, 0.29) is 12.6 Å². The van der Waals surface area contributed by atoms with Gasteiger partial charge in [0.1, 0.15) is 6.10 Å². The van der Waals surface area contributed by atoms with Crippen LogP contribution in [0.3, 0.4) is 0 Å². The summed E-state index contributed by atoms with van der Waals surface area (Å²) in [5, 5.41) is 5.66. The lowest BCUT2D eigenvalue weighted by Crippen LogP contribution is -2.40. The molecule has 0 radical (unpaired) electrons. The average Bonchev–Trinajstić information content (AvgIpc) is 3.18. The zero-order valence-corrected chi connectivity index (χ0v) is 14.3. The Morgan fingerprint density at radius 2 is 2.04 bits per heavy atom. The summed E-state index contributed by atoms with van der Waals surface area (Å²) in [6.45, 7) is 2.52. The summed E-state index contributed by atoms with van der Waals surface area (Å²) in [5.74, 6) is -1.89. The highest BCUT2D eigenvalue weighted by Crippen LogP contribution is 2.38. The average molecular weight is 353 g/mol. The number of halogens is 1. The number of rotatable bonds is 3. The summed E-state index contributed by atoms with van der Waals surface area (Å²) in [6.07, 6.45) is 3.77. The van der Waals surface area contributed by atoms with E-state index in [2.05, 4.69) is 10.6 Å². The first-order valence-electron chi connectivity index (χ1n) is 8.15. The molecule has 1 atom stereocenters. The molecule has 6 nitrogen and oxygen atoms in total. The third kappa shape index (κ3) is 3.88. The Morgan fingerprint density at radius 1 is 1.29 bits per heavy atom. The van der Waals surface area contributed by atoms with E-state index >= 15 is 0 Å². The van der Waals surface area contributed by atoms with Crippen molar-refractivity contribution in [1.29, 1.82) is 0 Å². The van der Waals surface area contributed by atoms with Crippen molar-refractivity contribution in [2.24, 2.45) is 0 Å². The van der Waals surface area contributed by atoms with Crippen LogP contribution in [0.5, 0.6) is 0 Å². The second-order valence-corrected chi connectivity index (χ2v) is 6.73. The fourth-order valence-electron chi connectivity index (χ4n) is 3.09. The zero-order chi connectivity index (χ0) is 17.2. The largest absolute Gasteiger partial charge is 0.347 e. The number of anilines is 1. The van der Waals surface area contributed by atoms with Crippen molar-refractivity contribution in [2.45, 2.75) is 44.5 Å². The molecule has 7 heteroatoms. The molecule has 1 spiro atoms. The lowest BCUT2D eigenvalue weighted by molar-refractivity contribution is -0.161. The number of carbonyl (C=O) groups is 2. The minimum absolute atomic E-state index is 0.215. The summed E-state index contributed by atoms with van der Waals surface area (Å²) >= 11 is 5.90. The number of ether oxygens (including phenoxy) is 2. The Hall–Kier alpha value is -1.63. The molecule has 1 aromatic rings. The number of nitrogens with one attached hydrogen (secondary N) is 2. The Balaban J connectivity index is 1.48. The molecule has 1 saturated heterocycles. The zero-order valence-electron chi connectivity index (χ0n) is 13.6. The molecular formula is C17H21ClN2O4. The number of carbonyl (C=O) groups excluding carboxylic acids is 2. The Kier molecular flexibility index (Phi) is 5.08. The summed E-state index contributed by atoms with van der Waals surface area (Å²) < 4.78 is 11.6. The highest BCUT2D eigenvalue weighted by Gasteiger charge is 2.43. The second-order valence-electron chi connectivity index (χ2n) is 6.29. The lowest BCUT2D eigenvalue weighted by Gasteiger charge is -2.21. The topological polar surface area (TPSA) is 76.7 Å². The normalized spacial score (nSPS) is 21.8. The second kappa shape index (κ2) is 7.09. The first-order valence-corrected chi connectivity index (χ1v) is 8.52. The summed E-state index contributed by atoms with van der Waals surface area (Å²) in [4.78, 5) is 24.0. The first kappa shape index (κ1) is 17.2. The molecule has 1 aromatic carbocycles. The summed E-state index contributed by atoms with van der Waals surface area (Å²) in [6, 6.07) is 5.11. The fourth-order valence-corrected chi connectivity index (χ4v) is 3.26. The van der Waals surface area contributed by atoms with E-state index in [0.29, 0.717) is 17.3 Å². The van der Waals surface area contributed by atoms with Crippen LogP contribution >= 0.6 is 11.6 Å². The van der Waals surface area contributed by atoms with Crippen molar-refractivity contribution in [1.82, 2.24) is 5.32 Å². The highest BCUT2D eigenvalue weighted by atomic mass is 35.5. The van der Waals surface area contributed by atoms with Crippen LogP contribution in [0.4, 0.5) is 5.69 Å². The fraction of sp³-hybridized carbons (Fsp3) is 0.529. The Labute approximate surface area is 145 Å². The number of amides is 2. The molecule has 0 unspecified atom stereocenters. The van der Waals surface area contributed by atoms with Crippen LogP contribution in [0.2, 0.25) is 5.02 Å². The van der Waals surface area contributed by atoms with Gasteiger partial charge in [-0.3, -0.25) is 9.59 Å². The Morgan fingerprint density at radius 3 is 2.79 bits per heavy atom. The molecule has 130 valence electrons. The van der Waals surface area contributed by atoms with Crippen LogP contribution in [-0.2, 0) is 19.1 Å². The molecule has 1 aliphatic heterocycles. The number of hydrogen-bond donors (Lipinski definition) is 2. The maximum Gasteiger partial charge on any atom is 0.313 e. The first-order chi connectivity index (χ1) is 11.5. The molecule has 0 aromatic heterocycles. The van der Waals surface area contributed by atoms with Crippen molar-refractivity contribution in [2.75, 3.05) is 18.5 Å². The molecule has 24 heavy (non-hydrogen) atoms. The van der Waals surface area contributed by atoms with Crippen molar-refractivity contribution in [3.63, 3.8) is 0 Å². The molecule has 2 aliphatic rings. The van der Waals surface area contributed by atoms with Crippen molar-refractivity contribution >= 4 is 29.1 Å². The molecule has 1 heterocycles. The van der Waals surface area contributed by atoms with Crippen molar-refractivity contribution < 1.29 is 19.1 Å². The van der Waals surface area contributed by atoms with E-state index in [1.165, 1.54) is 0 Å². The van der Waals surface area contributed by atoms with Gasteiger partial charge in [-0.2, -0.15) is 0 Å². The van der Waals surface area contributed by atoms with Crippen LogP contribution in [0.15, 0.2) is 18.2 Å². The standard InChI is InChI=1S/C17H21ClN2O4/c1-11-4-5-12(18)8-14(11)20-16(22)15(21)19-9-13-10-23-17(24-13)6-2-3-7-17/h4-5,8,13H,2-3,6-7,9-10H2,1H3,(H,19,21)(H,20,22)/t13-/m1/s1. The third-order valence-electron chi connectivity index (χ3n) is 4.42. The summed E-state index contributed by atoms with van der Waals surface area (Å²) in [7, 11) is 0. The predicted octanol–water partition coefficient (Wildman–Crippen LogP) is 2.39. The number of hydrogen-bond acceptors (Lipinski definition) is 4. The third-order valence-corrected chi connectivity index (χ3v) is 4.66. The van der Waals surface area contributed by atoms with Gasteiger partial charge in [-0.25, -0.2) is 0 Å². The van der Waals surface area contributed by atoms with E-state index in [9.17, 15) is 9.59 Å². The van der Waals surface area contributed by atoms with Crippen LogP contribution < -0.4 is 10.6 Å². The number of benzene rings is 1.